The molecule has 3 rings (SSSR count). The Morgan fingerprint density at radius 2 is 1.91 bits per heavy atom. The van der Waals surface area contributed by atoms with Crippen LogP contribution in [0.1, 0.15) is 10.6 Å². The van der Waals surface area contributed by atoms with Crippen LogP contribution in [-0.2, 0) is 12.7 Å². The summed E-state index contributed by atoms with van der Waals surface area (Å²) in [5.41, 5.74) is 1.72. The van der Waals surface area contributed by atoms with Crippen LogP contribution in [0.15, 0.2) is 48.8 Å². The zero-order chi connectivity index (χ0) is 15.6. The number of hydrogen-bond acceptors (Lipinski definition) is 4. The van der Waals surface area contributed by atoms with Crippen LogP contribution in [0.25, 0.3) is 5.69 Å². The van der Waals surface area contributed by atoms with Crippen molar-refractivity contribution in [3.63, 3.8) is 0 Å². The van der Waals surface area contributed by atoms with Gasteiger partial charge in [-0.05, 0) is 18.2 Å². The van der Waals surface area contributed by atoms with Crippen LogP contribution in [-0.4, -0.2) is 14.8 Å². The number of thiazole rings is 1. The number of nitrogens with one attached hydrogen (secondary N) is 1. The Morgan fingerprint density at radius 1 is 1.14 bits per heavy atom. The van der Waals surface area contributed by atoms with Gasteiger partial charge in [0.15, 0.2) is 5.13 Å². The van der Waals surface area contributed by atoms with Crippen LogP contribution in [0.3, 0.4) is 0 Å². The number of benzene rings is 1. The summed E-state index contributed by atoms with van der Waals surface area (Å²) < 4.78 is 39.3. The number of nitrogens with zero attached hydrogens (tertiary/aromatic N) is 3. The molecule has 8 heteroatoms. The van der Waals surface area contributed by atoms with Crippen LogP contribution in [0.2, 0.25) is 0 Å². The number of aromatic nitrogens is 3. The third-order valence-corrected chi connectivity index (χ3v) is 3.93. The Kier molecular flexibility index (Phi) is 3.84. The second kappa shape index (κ2) is 5.80. The Balaban J connectivity index is 1.73. The second-order valence-electron chi connectivity index (χ2n) is 4.45. The third kappa shape index (κ3) is 3.11. The van der Waals surface area contributed by atoms with E-state index in [1.165, 1.54) is 0 Å². The first-order chi connectivity index (χ1) is 10.5. The minimum atomic E-state index is -4.36. The Morgan fingerprint density at radius 3 is 2.59 bits per heavy atom. The normalized spacial score (nSPS) is 11.6. The molecular weight excluding hydrogens is 313 g/mol. The summed E-state index contributed by atoms with van der Waals surface area (Å²) in [7, 11) is 0. The molecule has 0 unspecified atom stereocenters. The van der Waals surface area contributed by atoms with E-state index in [9.17, 15) is 13.2 Å². The van der Waals surface area contributed by atoms with Gasteiger partial charge in [-0.3, -0.25) is 0 Å². The quantitative estimate of drug-likeness (QED) is 0.790. The number of halogens is 3. The van der Waals surface area contributed by atoms with Crippen LogP contribution < -0.4 is 5.32 Å². The predicted molar refractivity (Wildman–Crippen MR) is 78.0 cm³/mol. The first kappa shape index (κ1) is 14.6. The summed E-state index contributed by atoms with van der Waals surface area (Å²) in [5.74, 6) is 0. The molecule has 1 aromatic carbocycles. The monoisotopic (exact) mass is 324 g/mol. The molecule has 1 N–H and O–H groups in total. The smallest absolute Gasteiger partial charge is 0.356 e. The van der Waals surface area contributed by atoms with Gasteiger partial charge >= 0.3 is 6.18 Å². The maximum absolute atomic E-state index is 12.5. The molecule has 0 radical (unpaired) electrons. The minimum absolute atomic E-state index is 0.230. The van der Waals surface area contributed by atoms with Gasteiger partial charge in [-0.15, -0.1) is 0 Å². The van der Waals surface area contributed by atoms with E-state index in [1.807, 2.05) is 30.3 Å². The minimum Gasteiger partial charge on any atom is -0.356 e. The average molecular weight is 324 g/mol. The highest BCUT2D eigenvalue weighted by molar-refractivity contribution is 7.15. The average Bonchev–Trinajstić information content (AvgIpc) is 3.14. The van der Waals surface area contributed by atoms with Crippen molar-refractivity contribution in [2.75, 3.05) is 5.32 Å². The zero-order valence-corrected chi connectivity index (χ0v) is 12.0. The van der Waals surface area contributed by atoms with Crippen molar-refractivity contribution in [3.8, 4) is 5.69 Å². The highest BCUT2D eigenvalue weighted by Gasteiger charge is 2.33. The maximum atomic E-state index is 12.5. The molecule has 114 valence electrons. The number of hydrogen-bond donors (Lipinski definition) is 1. The van der Waals surface area contributed by atoms with Gasteiger partial charge in [0.05, 0.1) is 24.1 Å². The highest BCUT2D eigenvalue weighted by atomic mass is 32.1. The largest absolute Gasteiger partial charge is 0.427 e. The molecule has 0 fully saturated rings. The van der Waals surface area contributed by atoms with Gasteiger partial charge in [0.25, 0.3) is 0 Å². The number of alkyl halides is 3. The van der Waals surface area contributed by atoms with Crippen molar-refractivity contribution in [3.05, 3.63) is 59.4 Å². The summed E-state index contributed by atoms with van der Waals surface area (Å²) >= 11 is 0.586. The molecule has 3 aromatic rings. The number of anilines is 1. The van der Waals surface area contributed by atoms with Gasteiger partial charge in [-0.1, -0.05) is 29.5 Å². The molecule has 2 aromatic heterocycles. The van der Waals surface area contributed by atoms with Crippen LogP contribution in [0.5, 0.6) is 0 Å². The second-order valence-corrected chi connectivity index (χ2v) is 5.48. The lowest BCUT2D eigenvalue weighted by Crippen LogP contribution is -2.07. The van der Waals surface area contributed by atoms with Crippen LogP contribution >= 0.6 is 11.3 Å². The summed E-state index contributed by atoms with van der Waals surface area (Å²) in [5, 5.41) is 7.35. The molecule has 0 bridgehead atoms. The van der Waals surface area contributed by atoms with Crippen LogP contribution in [0, 0.1) is 0 Å². The first-order valence-corrected chi connectivity index (χ1v) is 7.21. The van der Waals surface area contributed by atoms with E-state index in [4.69, 9.17) is 0 Å². The Labute approximate surface area is 128 Å². The molecule has 0 saturated heterocycles. The van der Waals surface area contributed by atoms with E-state index < -0.39 is 11.1 Å². The molecule has 0 aliphatic carbocycles. The maximum Gasteiger partial charge on any atom is 0.427 e. The predicted octanol–water partition coefficient (Wildman–Crippen LogP) is 3.96. The van der Waals surface area contributed by atoms with Gasteiger partial charge in [0.2, 0.25) is 0 Å². The SMILES string of the molecule is FC(F)(F)c1cnc(NCc2ccnn2-c2ccccc2)s1. The van der Waals surface area contributed by atoms with E-state index in [2.05, 4.69) is 15.4 Å². The van der Waals surface area contributed by atoms with Crippen molar-refractivity contribution < 1.29 is 13.2 Å². The molecular formula is C14H11F3N4S. The molecule has 0 amide bonds. The van der Waals surface area contributed by atoms with Crippen molar-refractivity contribution in [2.45, 2.75) is 12.7 Å². The van der Waals surface area contributed by atoms with E-state index in [0.29, 0.717) is 17.9 Å². The van der Waals surface area contributed by atoms with E-state index >= 15 is 0 Å². The van der Waals surface area contributed by atoms with E-state index in [0.717, 1.165) is 17.6 Å². The topological polar surface area (TPSA) is 42.7 Å². The lowest BCUT2D eigenvalue weighted by Gasteiger charge is -2.07. The lowest BCUT2D eigenvalue weighted by atomic mass is 10.3. The fourth-order valence-electron chi connectivity index (χ4n) is 1.92. The zero-order valence-electron chi connectivity index (χ0n) is 11.2. The van der Waals surface area contributed by atoms with E-state index in [-0.39, 0.29) is 5.13 Å². The summed E-state index contributed by atoms with van der Waals surface area (Å²) in [6.45, 7) is 0.333. The van der Waals surface area contributed by atoms with Crippen LogP contribution in [0.4, 0.5) is 18.3 Å². The fourth-order valence-corrected chi connectivity index (χ4v) is 2.60. The van der Waals surface area contributed by atoms with Gasteiger partial charge < -0.3 is 5.32 Å². The Bertz CT molecular complexity index is 749. The molecule has 2 heterocycles. The molecule has 0 aliphatic heterocycles. The molecule has 22 heavy (non-hydrogen) atoms. The van der Waals surface area contributed by atoms with Crippen molar-refractivity contribution >= 4 is 16.5 Å². The summed E-state index contributed by atoms with van der Waals surface area (Å²) in [4.78, 5) is 3.03. The van der Waals surface area contributed by atoms with Gasteiger partial charge in [0, 0.05) is 6.20 Å². The number of rotatable bonds is 4. The number of para-hydroxylation sites is 1. The molecule has 0 saturated carbocycles. The molecule has 0 aliphatic rings. The molecule has 0 atom stereocenters. The van der Waals surface area contributed by atoms with Gasteiger partial charge in [0.1, 0.15) is 4.88 Å². The van der Waals surface area contributed by atoms with Gasteiger partial charge in [-0.25, -0.2) is 9.67 Å². The fraction of sp³-hybridized carbons (Fsp3) is 0.143. The summed E-state index contributed by atoms with van der Waals surface area (Å²) in [6, 6.07) is 11.3. The van der Waals surface area contributed by atoms with Crippen molar-refractivity contribution in [1.82, 2.24) is 14.8 Å². The highest BCUT2D eigenvalue weighted by Crippen LogP contribution is 2.35. The summed E-state index contributed by atoms with van der Waals surface area (Å²) in [6.07, 6.45) is -1.88. The molecule has 0 spiro atoms. The van der Waals surface area contributed by atoms with E-state index in [1.54, 1.807) is 16.9 Å². The Hall–Kier alpha value is -2.35. The lowest BCUT2D eigenvalue weighted by molar-refractivity contribution is -0.134. The van der Waals surface area contributed by atoms with Crippen molar-refractivity contribution in [1.29, 1.82) is 0 Å². The third-order valence-electron chi connectivity index (χ3n) is 2.93. The standard InChI is InChI=1S/C14H11F3N4S/c15-14(16,17)12-9-19-13(22-12)18-8-11-6-7-20-21(11)10-4-2-1-3-5-10/h1-7,9H,8H2,(H,18,19). The molecule has 4 nitrogen and oxygen atoms in total. The van der Waals surface area contributed by atoms with Gasteiger partial charge in [-0.2, -0.15) is 18.3 Å². The first-order valence-electron chi connectivity index (χ1n) is 6.39. The van der Waals surface area contributed by atoms with Crippen molar-refractivity contribution in [2.24, 2.45) is 0 Å².